The summed E-state index contributed by atoms with van der Waals surface area (Å²) < 4.78 is 28.6. The van der Waals surface area contributed by atoms with Crippen LogP contribution in [0.1, 0.15) is 63.5 Å². The van der Waals surface area contributed by atoms with Crippen LogP contribution >= 0.6 is 0 Å². The number of hydrogen-bond donors (Lipinski definition) is 1. The van der Waals surface area contributed by atoms with Crippen LogP contribution in [0.15, 0.2) is 23.1 Å². The van der Waals surface area contributed by atoms with Crippen molar-refractivity contribution in [3.63, 3.8) is 0 Å². The highest BCUT2D eigenvalue weighted by molar-refractivity contribution is 7.89. The summed E-state index contributed by atoms with van der Waals surface area (Å²) in [7, 11) is -3.74. The van der Waals surface area contributed by atoms with Crippen molar-refractivity contribution in [1.29, 1.82) is 0 Å². The molecule has 5 rings (SSSR count). The van der Waals surface area contributed by atoms with Gasteiger partial charge >= 0.3 is 0 Å². The van der Waals surface area contributed by atoms with E-state index in [9.17, 15) is 13.2 Å². The maximum Gasteiger partial charge on any atom is 0.241 e. The molecule has 0 heterocycles. The average Bonchev–Trinajstić information content (AvgIpc) is 2.55. The molecule has 1 aromatic rings. The topological polar surface area (TPSA) is 63.2 Å². The fraction of sp³-hybridized carbons (Fsp3) is 0.696. The Hall–Kier alpha value is -1.20. The van der Waals surface area contributed by atoms with E-state index in [4.69, 9.17) is 0 Å². The molecule has 0 aromatic heterocycles. The summed E-state index contributed by atoms with van der Waals surface area (Å²) in [6, 6.07) is 5.27. The molecule has 0 amide bonds. The number of benzene rings is 1. The van der Waals surface area contributed by atoms with E-state index in [1.54, 1.807) is 26.0 Å². The molecule has 154 valence electrons. The Bertz CT molecular complexity index is 839. The van der Waals surface area contributed by atoms with Crippen molar-refractivity contribution in [2.24, 2.45) is 29.6 Å². The minimum absolute atomic E-state index is 0.0259. The van der Waals surface area contributed by atoms with E-state index in [1.165, 1.54) is 32.1 Å². The van der Waals surface area contributed by atoms with Gasteiger partial charge in [-0.1, -0.05) is 6.07 Å². The third kappa shape index (κ3) is 3.80. The van der Waals surface area contributed by atoms with Gasteiger partial charge in [-0.25, -0.2) is 8.42 Å². The van der Waals surface area contributed by atoms with Gasteiger partial charge in [0, 0.05) is 6.42 Å². The molecule has 0 spiro atoms. The maximum atomic E-state index is 13.2. The van der Waals surface area contributed by atoms with Gasteiger partial charge in [0.05, 0.1) is 10.4 Å². The molecule has 4 aliphatic carbocycles. The van der Waals surface area contributed by atoms with Gasteiger partial charge in [-0.3, -0.25) is 4.79 Å². The van der Waals surface area contributed by atoms with E-state index in [1.807, 2.05) is 19.9 Å². The summed E-state index contributed by atoms with van der Waals surface area (Å²) in [5.74, 6) is 3.58. The predicted molar refractivity (Wildman–Crippen MR) is 110 cm³/mol. The highest BCUT2D eigenvalue weighted by Gasteiger charge is 2.49. The molecule has 1 aromatic carbocycles. The van der Waals surface area contributed by atoms with Crippen molar-refractivity contribution in [2.45, 2.75) is 76.7 Å². The summed E-state index contributed by atoms with van der Waals surface area (Å²) in [4.78, 5) is 13.4. The fourth-order valence-electron chi connectivity index (χ4n) is 6.38. The Kier molecular flexibility index (Phi) is 4.98. The number of aryl methyl sites for hydroxylation is 2. The summed E-state index contributed by atoms with van der Waals surface area (Å²) in [5, 5.41) is 0. The summed E-state index contributed by atoms with van der Waals surface area (Å²) >= 11 is 0. The number of ketones is 1. The quantitative estimate of drug-likeness (QED) is 0.766. The molecule has 4 nitrogen and oxygen atoms in total. The van der Waals surface area contributed by atoms with Crippen molar-refractivity contribution >= 4 is 15.8 Å². The first kappa shape index (κ1) is 20.1. The largest absolute Gasteiger partial charge is 0.298 e. The fourth-order valence-corrected chi connectivity index (χ4v) is 7.97. The molecule has 0 aliphatic heterocycles. The molecule has 5 heteroatoms. The van der Waals surface area contributed by atoms with Crippen LogP contribution < -0.4 is 4.72 Å². The summed E-state index contributed by atoms with van der Waals surface area (Å²) in [6.07, 6.45) is 7.02. The van der Waals surface area contributed by atoms with Gasteiger partial charge in [0.1, 0.15) is 0 Å². The first-order valence-corrected chi connectivity index (χ1v) is 12.2. The first-order chi connectivity index (χ1) is 13.0. The highest BCUT2D eigenvalue weighted by atomic mass is 32.2. The van der Waals surface area contributed by atoms with Crippen molar-refractivity contribution in [1.82, 2.24) is 4.72 Å². The minimum Gasteiger partial charge on any atom is -0.298 e. The Labute approximate surface area is 169 Å². The van der Waals surface area contributed by atoms with E-state index >= 15 is 0 Å². The lowest BCUT2D eigenvalue weighted by atomic mass is 9.51. The zero-order valence-corrected chi connectivity index (χ0v) is 18.3. The zero-order valence-electron chi connectivity index (χ0n) is 17.5. The number of hydrogen-bond acceptors (Lipinski definition) is 3. The Balaban J connectivity index is 1.47. The van der Waals surface area contributed by atoms with Gasteiger partial charge in [0.25, 0.3) is 0 Å². The van der Waals surface area contributed by atoms with E-state index < -0.39 is 15.6 Å². The molecule has 0 unspecified atom stereocenters. The van der Waals surface area contributed by atoms with Gasteiger partial charge in [0.2, 0.25) is 10.0 Å². The normalized spacial score (nSPS) is 31.9. The zero-order chi connectivity index (χ0) is 20.3. The second kappa shape index (κ2) is 6.94. The van der Waals surface area contributed by atoms with Crippen LogP contribution in [0.5, 0.6) is 0 Å². The van der Waals surface area contributed by atoms with Gasteiger partial charge in [-0.15, -0.1) is 0 Å². The summed E-state index contributed by atoms with van der Waals surface area (Å²) in [6.45, 7) is 7.20. The van der Waals surface area contributed by atoms with E-state index in [0.717, 1.165) is 23.0 Å². The highest BCUT2D eigenvalue weighted by Crippen LogP contribution is 2.57. The lowest BCUT2D eigenvalue weighted by molar-refractivity contribution is -0.128. The van der Waals surface area contributed by atoms with Crippen molar-refractivity contribution in [3.05, 3.63) is 29.3 Å². The molecule has 0 atom stereocenters. The number of Topliss-reactive ketones (excluding diaryl/α,β-unsaturated/α-hetero) is 1. The molecule has 0 saturated heterocycles. The predicted octanol–water partition coefficient (Wildman–Crippen LogP) is 4.39. The van der Waals surface area contributed by atoms with Crippen LogP contribution in [0, 0.1) is 43.4 Å². The van der Waals surface area contributed by atoms with Gasteiger partial charge < -0.3 is 0 Å². The van der Waals surface area contributed by atoms with Crippen LogP contribution in [-0.4, -0.2) is 19.7 Å². The number of carbonyl (C=O) groups is 1. The SMILES string of the molecule is Cc1cc(C)cc(S(=O)(=O)NC(C)(C)C(=O)CC2C3CC4CC(C3)CC2C4)c1. The average molecular weight is 404 g/mol. The number of nitrogens with one attached hydrogen (secondary N) is 1. The molecule has 4 saturated carbocycles. The minimum atomic E-state index is -3.74. The van der Waals surface area contributed by atoms with E-state index in [2.05, 4.69) is 4.72 Å². The number of rotatable bonds is 6. The van der Waals surface area contributed by atoms with Gasteiger partial charge in [0.15, 0.2) is 5.78 Å². The van der Waals surface area contributed by atoms with Crippen LogP contribution in [0.2, 0.25) is 0 Å². The molecule has 4 fully saturated rings. The molecule has 4 aliphatic rings. The van der Waals surface area contributed by atoms with Crippen LogP contribution in [0.25, 0.3) is 0 Å². The lowest BCUT2D eigenvalue weighted by Crippen LogP contribution is -2.52. The molecular weight excluding hydrogens is 370 g/mol. The van der Waals surface area contributed by atoms with Crippen molar-refractivity contribution < 1.29 is 13.2 Å². The van der Waals surface area contributed by atoms with Crippen molar-refractivity contribution in [3.8, 4) is 0 Å². The van der Waals surface area contributed by atoms with Crippen molar-refractivity contribution in [2.75, 3.05) is 0 Å². The second-order valence-electron chi connectivity index (χ2n) is 10.3. The maximum absolute atomic E-state index is 13.2. The monoisotopic (exact) mass is 403 g/mol. The summed E-state index contributed by atoms with van der Waals surface area (Å²) in [5.41, 5.74) is 0.710. The van der Waals surface area contributed by atoms with E-state index in [-0.39, 0.29) is 10.7 Å². The smallest absolute Gasteiger partial charge is 0.241 e. The van der Waals surface area contributed by atoms with Gasteiger partial charge in [-0.05, 0) is 113 Å². The molecule has 4 bridgehead atoms. The van der Waals surface area contributed by atoms with E-state index in [0.29, 0.717) is 24.2 Å². The molecule has 1 N–H and O–H groups in total. The molecule has 0 radical (unpaired) electrons. The van der Waals surface area contributed by atoms with Crippen LogP contribution in [-0.2, 0) is 14.8 Å². The standard InChI is InChI=1S/C23H33NO3S/c1-14-5-15(2)7-20(6-14)28(26,27)24-23(3,4)22(25)13-21-18-9-16-8-17(11-18)12-19(21)10-16/h5-7,16-19,21,24H,8-13H2,1-4H3. The first-order valence-electron chi connectivity index (χ1n) is 10.7. The lowest BCUT2D eigenvalue weighted by Gasteiger charge is -2.54. The van der Waals surface area contributed by atoms with Gasteiger partial charge in [-0.2, -0.15) is 4.72 Å². The third-order valence-electron chi connectivity index (χ3n) is 7.44. The number of sulfonamides is 1. The Morgan fingerprint density at radius 2 is 1.46 bits per heavy atom. The molecular formula is C23H33NO3S. The van der Waals surface area contributed by atoms with Crippen LogP contribution in [0.4, 0.5) is 0 Å². The Morgan fingerprint density at radius 1 is 0.964 bits per heavy atom. The molecule has 28 heavy (non-hydrogen) atoms. The van der Waals surface area contributed by atoms with Crippen LogP contribution in [0.3, 0.4) is 0 Å². The number of carbonyl (C=O) groups excluding carboxylic acids is 1. The second-order valence-corrected chi connectivity index (χ2v) is 12.0. The Morgan fingerprint density at radius 3 is 1.96 bits per heavy atom. The third-order valence-corrected chi connectivity index (χ3v) is 9.07.